The highest BCUT2D eigenvalue weighted by molar-refractivity contribution is 4.96. The van der Waals surface area contributed by atoms with Gasteiger partial charge in [0.15, 0.2) is 6.29 Å². The molecule has 13 nitrogen and oxygen atoms in total. The lowest BCUT2D eigenvalue weighted by atomic mass is 9.98. The first-order valence-electron chi connectivity index (χ1n) is 15.3. The van der Waals surface area contributed by atoms with Gasteiger partial charge in [-0.05, 0) is 6.42 Å². The van der Waals surface area contributed by atoms with E-state index in [1.54, 1.807) is 21.8 Å². The van der Waals surface area contributed by atoms with Gasteiger partial charge in [0.2, 0.25) is 0 Å². The molecule has 0 aliphatic carbocycles. The molecular formula is C28H48N6O7. The maximum atomic E-state index is 11.1. The monoisotopic (exact) mass is 580 g/mol. The molecule has 0 aromatic carbocycles. The summed E-state index contributed by atoms with van der Waals surface area (Å²) >= 11 is 0. The molecule has 1 saturated heterocycles. The van der Waals surface area contributed by atoms with Crippen LogP contribution in [-0.4, -0.2) is 97.3 Å². The Hall–Kier alpha value is -2.00. The lowest BCUT2D eigenvalue weighted by Gasteiger charge is -2.43. The fourth-order valence-corrected chi connectivity index (χ4v) is 5.14. The Balaban J connectivity index is 1.35. The van der Waals surface area contributed by atoms with Gasteiger partial charge in [-0.3, -0.25) is 0 Å². The molecule has 1 fully saturated rings. The standard InChI is InChI=1S/C28H48N6O7/c1-2-3-4-5-6-7-8-9-10-11-14-38-28-27-26(25(36)24(19-35)41-28)39-20-22-17-33(31-29-22)12-15-37-16-13-34-18-23(21-40-27)30-32-34/h17-18,24-28,35-36H,2-16,19-21H2,1H3/t24-,25-,26+,27-,28?/m1/s1. The molecule has 0 spiro atoms. The Kier molecular flexibility index (Phi) is 13.9. The van der Waals surface area contributed by atoms with E-state index >= 15 is 0 Å². The number of rotatable bonds is 13. The number of aromatic nitrogens is 6. The number of unbranched alkanes of at least 4 members (excludes halogenated alkanes) is 9. The van der Waals surface area contributed by atoms with E-state index in [9.17, 15) is 10.2 Å². The van der Waals surface area contributed by atoms with Crippen LogP contribution in [0, 0.1) is 0 Å². The molecule has 0 saturated carbocycles. The highest BCUT2D eigenvalue weighted by Crippen LogP contribution is 2.28. The van der Waals surface area contributed by atoms with E-state index < -0.39 is 30.7 Å². The Labute approximate surface area is 242 Å². The Morgan fingerprint density at radius 2 is 1.39 bits per heavy atom. The molecule has 4 rings (SSSR count). The Morgan fingerprint density at radius 3 is 1.98 bits per heavy atom. The number of aliphatic hydroxyl groups excluding tert-OH is 2. The van der Waals surface area contributed by atoms with Crippen molar-refractivity contribution in [2.75, 3.05) is 26.4 Å². The number of hydrogen-bond acceptors (Lipinski definition) is 11. The van der Waals surface area contributed by atoms with Gasteiger partial charge in [0, 0.05) is 6.61 Å². The highest BCUT2D eigenvalue weighted by atomic mass is 16.7. The van der Waals surface area contributed by atoms with E-state index in [0.717, 1.165) is 12.8 Å². The minimum atomic E-state index is -1.14. The van der Waals surface area contributed by atoms with E-state index in [1.807, 2.05) is 0 Å². The maximum absolute atomic E-state index is 11.1. The van der Waals surface area contributed by atoms with Crippen molar-refractivity contribution >= 4 is 0 Å². The second-order valence-corrected chi connectivity index (χ2v) is 10.9. The number of aliphatic hydroxyl groups is 2. The van der Waals surface area contributed by atoms with Crippen LogP contribution < -0.4 is 0 Å². The lowest BCUT2D eigenvalue weighted by Crippen LogP contribution is -2.60. The summed E-state index contributed by atoms with van der Waals surface area (Å²) in [5, 5.41) is 37.6. The zero-order valence-corrected chi connectivity index (χ0v) is 24.4. The van der Waals surface area contributed by atoms with Crippen LogP contribution in [0.2, 0.25) is 0 Å². The molecule has 5 atom stereocenters. The summed E-state index contributed by atoms with van der Waals surface area (Å²) in [6, 6.07) is 0. The Bertz CT molecular complexity index is 975. The van der Waals surface area contributed by atoms with E-state index in [1.165, 1.54) is 51.4 Å². The van der Waals surface area contributed by atoms with Crippen LogP contribution in [0.1, 0.15) is 82.5 Å². The molecule has 4 heterocycles. The van der Waals surface area contributed by atoms with Gasteiger partial charge >= 0.3 is 0 Å². The highest BCUT2D eigenvalue weighted by Gasteiger charge is 2.47. The van der Waals surface area contributed by atoms with E-state index in [2.05, 4.69) is 27.5 Å². The van der Waals surface area contributed by atoms with Crippen molar-refractivity contribution in [1.29, 1.82) is 0 Å². The van der Waals surface area contributed by atoms with Crippen LogP contribution in [0.25, 0.3) is 0 Å². The molecule has 2 N–H and O–H groups in total. The van der Waals surface area contributed by atoms with Crippen molar-refractivity contribution < 1.29 is 33.9 Å². The number of nitrogens with zero attached hydrogens (tertiary/aromatic N) is 6. The van der Waals surface area contributed by atoms with Crippen molar-refractivity contribution in [3.63, 3.8) is 0 Å². The summed E-state index contributed by atoms with van der Waals surface area (Å²) in [6.07, 6.45) is 11.4. The van der Waals surface area contributed by atoms with E-state index in [0.29, 0.717) is 44.3 Å². The first-order chi connectivity index (χ1) is 20.2. The van der Waals surface area contributed by atoms with Crippen LogP contribution in [0.5, 0.6) is 0 Å². The van der Waals surface area contributed by atoms with Crippen molar-refractivity contribution in [1.82, 2.24) is 30.0 Å². The predicted octanol–water partition coefficient (Wildman–Crippen LogP) is 2.39. The molecule has 1 unspecified atom stereocenters. The normalized spacial score (nSPS) is 26.0. The van der Waals surface area contributed by atoms with Crippen LogP contribution in [-0.2, 0) is 50.0 Å². The van der Waals surface area contributed by atoms with Gasteiger partial charge in [-0.2, -0.15) is 0 Å². The molecule has 2 aromatic rings. The molecule has 13 heteroatoms. The SMILES string of the molecule is CCCCCCCCCCCCOC1O[C@H](CO)[C@@H](O)[C@@H]2OCc3cn(nn3)CCOCCn3cc(nn3)CO[C@@H]12. The fraction of sp³-hybridized carbons (Fsp3) is 0.857. The predicted molar refractivity (Wildman–Crippen MR) is 148 cm³/mol. The maximum Gasteiger partial charge on any atom is 0.186 e. The average molecular weight is 581 g/mol. The summed E-state index contributed by atoms with van der Waals surface area (Å²) in [4.78, 5) is 0. The van der Waals surface area contributed by atoms with Gasteiger partial charge in [0.1, 0.15) is 35.8 Å². The van der Waals surface area contributed by atoms with Crippen molar-refractivity contribution in [3.8, 4) is 0 Å². The molecule has 41 heavy (non-hydrogen) atoms. The van der Waals surface area contributed by atoms with Gasteiger partial charge in [-0.15, -0.1) is 10.2 Å². The minimum Gasteiger partial charge on any atom is -0.394 e. The minimum absolute atomic E-state index is 0.0991. The summed E-state index contributed by atoms with van der Waals surface area (Å²) in [5.41, 5.74) is 1.23. The van der Waals surface area contributed by atoms with Crippen LogP contribution in [0.4, 0.5) is 0 Å². The van der Waals surface area contributed by atoms with Crippen LogP contribution in [0.3, 0.4) is 0 Å². The van der Waals surface area contributed by atoms with Gasteiger partial charge in [0.25, 0.3) is 0 Å². The number of fused-ring (bicyclic) bond motifs is 5. The molecule has 0 radical (unpaired) electrons. The summed E-state index contributed by atoms with van der Waals surface area (Å²) in [6.45, 7) is 4.62. The molecule has 232 valence electrons. The van der Waals surface area contributed by atoms with Crippen LogP contribution in [0.15, 0.2) is 12.4 Å². The second kappa shape index (κ2) is 17.8. The van der Waals surface area contributed by atoms with Crippen molar-refractivity contribution in [2.24, 2.45) is 0 Å². The smallest absolute Gasteiger partial charge is 0.186 e. The second-order valence-electron chi connectivity index (χ2n) is 10.9. The molecular weight excluding hydrogens is 532 g/mol. The third kappa shape index (κ3) is 10.3. The molecule has 4 bridgehead atoms. The third-order valence-electron chi connectivity index (χ3n) is 7.53. The van der Waals surface area contributed by atoms with E-state index in [-0.39, 0.29) is 19.8 Å². The topological polar surface area (TPSA) is 148 Å². The number of ether oxygens (including phenoxy) is 5. The first kappa shape index (κ1) is 31.9. The first-order valence-corrected chi connectivity index (χ1v) is 15.3. The summed E-state index contributed by atoms with van der Waals surface area (Å²) in [5.74, 6) is 0. The zero-order chi connectivity index (χ0) is 28.7. The molecule has 2 aromatic heterocycles. The van der Waals surface area contributed by atoms with Gasteiger partial charge in [-0.25, -0.2) is 9.36 Å². The van der Waals surface area contributed by atoms with Crippen molar-refractivity contribution in [3.05, 3.63) is 23.8 Å². The fourth-order valence-electron chi connectivity index (χ4n) is 5.14. The van der Waals surface area contributed by atoms with Crippen molar-refractivity contribution in [2.45, 2.75) is 128 Å². The lowest BCUT2D eigenvalue weighted by molar-refractivity contribution is -0.320. The van der Waals surface area contributed by atoms with E-state index in [4.69, 9.17) is 23.7 Å². The van der Waals surface area contributed by atoms with Gasteiger partial charge < -0.3 is 33.9 Å². The van der Waals surface area contributed by atoms with Crippen LogP contribution >= 0.6 is 0 Å². The largest absolute Gasteiger partial charge is 0.394 e. The average Bonchev–Trinajstić information content (AvgIpc) is 3.63. The molecule has 2 aliphatic rings. The molecule has 0 amide bonds. The summed E-state index contributed by atoms with van der Waals surface area (Å²) in [7, 11) is 0. The molecule has 2 aliphatic heterocycles. The van der Waals surface area contributed by atoms with Gasteiger partial charge in [-0.1, -0.05) is 75.1 Å². The number of hydrogen-bond donors (Lipinski definition) is 2. The Morgan fingerprint density at radius 1 is 0.829 bits per heavy atom. The zero-order valence-electron chi connectivity index (χ0n) is 24.4. The third-order valence-corrected chi connectivity index (χ3v) is 7.53. The quantitative estimate of drug-likeness (QED) is 0.337. The summed E-state index contributed by atoms with van der Waals surface area (Å²) < 4.78 is 33.6. The van der Waals surface area contributed by atoms with Gasteiger partial charge in [0.05, 0.1) is 58.5 Å².